The minimum Gasteiger partial charge on any atom is -0.481 e. The third kappa shape index (κ3) is 4.09. The van der Waals surface area contributed by atoms with E-state index in [1.54, 1.807) is 20.9 Å². The van der Waals surface area contributed by atoms with Crippen LogP contribution >= 0.6 is 0 Å². The van der Waals surface area contributed by atoms with Gasteiger partial charge in [-0.05, 0) is 18.4 Å². The Hall–Kier alpha value is -1.84. The van der Waals surface area contributed by atoms with Crippen molar-refractivity contribution in [3.8, 4) is 0 Å². The number of carbonyl (C=O) groups excluding carboxylic acids is 1. The Morgan fingerprint density at radius 1 is 1.21 bits per heavy atom. The average Bonchev–Trinajstić information content (AvgIpc) is 2.31. The fourth-order valence-electron chi connectivity index (χ4n) is 1.96. The lowest BCUT2D eigenvalue weighted by molar-refractivity contribution is -0.152. The molecule has 19 heavy (non-hydrogen) atoms. The normalized spacial score (nSPS) is 12.3. The Labute approximate surface area is 114 Å². The second kappa shape index (κ2) is 6.36. The summed E-state index contributed by atoms with van der Waals surface area (Å²) in [5, 5.41) is 9.12. The molecule has 1 unspecified atom stereocenters. The number of rotatable bonds is 5. The van der Waals surface area contributed by atoms with Gasteiger partial charge in [0.2, 0.25) is 5.91 Å². The smallest absolute Gasteiger partial charge is 0.316 e. The van der Waals surface area contributed by atoms with E-state index in [-0.39, 0.29) is 11.8 Å². The summed E-state index contributed by atoms with van der Waals surface area (Å²) < 4.78 is 0. The maximum atomic E-state index is 12.1. The number of hydrogen-bond acceptors (Lipinski definition) is 2. The number of carboxylic acids is 1. The molecule has 0 aromatic heterocycles. The van der Waals surface area contributed by atoms with Crippen LogP contribution in [0.5, 0.6) is 0 Å². The van der Waals surface area contributed by atoms with Gasteiger partial charge in [0, 0.05) is 13.6 Å². The van der Waals surface area contributed by atoms with Crippen LogP contribution in [0.2, 0.25) is 0 Å². The van der Waals surface area contributed by atoms with Gasteiger partial charge in [0.1, 0.15) is 5.92 Å². The Kier molecular flexibility index (Phi) is 5.10. The molecule has 0 aliphatic rings. The summed E-state index contributed by atoms with van der Waals surface area (Å²) in [6.45, 7) is 5.92. The zero-order chi connectivity index (χ0) is 14.6. The molecule has 0 aliphatic heterocycles. The molecule has 0 spiro atoms. The minimum atomic E-state index is -1.06. The van der Waals surface area contributed by atoms with Crippen LogP contribution in [0.25, 0.3) is 0 Å². The number of benzene rings is 1. The molecule has 4 nitrogen and oxygen atoms in total. The first kappa shape index (κ1) is 15.2. The number of nitrogens with zero attached hydrogens (tertiary/aromatic N) is 1. The Morgan fingerprint density at radius 2 is 1.74 bits per heavy atom. The van der Waals surface area contributed by atoms with Crippen molar-refractivity contribution in [3.05, 3.63) is 35.4 Å². The van der Waals surface area contributed by atoms with E-state index in [4.69, 9.17) is 5.11 Å². The molecule has 0 heterocycles. The van der Waals surface area contributed by atoms with Crippen LogP contribution in [0.4, 0.5) is 0 Å². The lowest BCUT2D eigenvalue weighted by Crippen LogP contribution is -2.39. The van der Waals surface area contributed by atoms with E-state index in [2.05, 4.69) is 0 Å². The summed E-state index contributed by atoms with van der Waals surface area (Å²) in [7, 11) is 1.64. The first-order valence-electron chi connectivity index (χ1n) is 6.36. The summed E-state index contributed by atoms with van der Waals surface area (Å²) in [5.41, 5.74) is 2.15. The van der Waals surface area contributed by atoms with Gasteiger partial charge < -0.3 is 10.0 Å². The van der Waals surface area contributed by atoms with Crippen molar-refractivity contribution >= 4 is 11.9 Å². The molecule has 1 rings (SSSR count). The summed E-state index contributed by atoms with van der Waals surface area (Å²) in [4.78, 5) is 24.8. The number of amides is 1. The highest BCUT2D eigenvalue weighted by Crippen LogP contribution is 2.16. The zero-order valence-corrected chi connectivity index (χ0v) is 11.9. The maximum absolute atomic E-state index is 12.1. The molecular weight excluding hydrogens is 242 g/mol. The van der Waals surface area contributed by atoms with Gasteiger partial charge in [0.15, 0.2) is 0 Å². The number of hydrogen-bond donors (Lipinski definition) is 1. The van der Waals surface area contributed by atoms with Crippen LogP contribution in [-0.2, 0) is 16.1 Å². The number of carbonyl (C=O) groups is 2. The Bertz CT molecular complexity index is 451. The standard InChI is InChI=1S/C15H21NO3/c1-10(2)13(15(18)19)14(17)16(4)9-12-7-5-11(3)6-8-12/h5-8,10,13H,9H2,1-4H3,(H,18,19). The first-order valence-corrected chi connectivity index (χ1v) is 6.36. The van der Waals surface area contributed by atoms with Gasteiger partial charge in [-0.3, -0.25) is 9.59 Å². The van der Waals surface area contributed by atoms with Gasteiger partial charge in [0.25, 0.3) is 0 Å². The van der Waals surface area contributed by atoms with Crippen molar-refractivity contribution in [3.63, 3.8) is 0 Å². The molecule has 0 saturated carbocycles. The van der Waals surface area contributed by atoms with E-state index in [1.807, 2.05) is 31.2 Å². The highest BCUT2D eigenvalue weighted by Gasteiger charge is 2.31. The topological polar surface area (TPSA) is 57.6 Å². The van der Waals surface area contributed by atoms with E-state index in [0.29, 0.717) is 6.54 Å². The molecule has 4 heteroatoms. The quantitative estimate of drug-likeness (QED) is 0.829. The molecule has 1 aromatic rings. The van der Waals surface area contributed by atoms with Gasteiger partial charge >= 0.3 is 5.97 Å². The molecular formula is C15H21NO3. The van der Waals surface area contributed by atoms with E-state index < -0.39 is 11.9 Å². The molecule has 1 aromatic carbocycles. The van der Waals surface area contributed by atoms with E-state index in [0.717, 1.165) is 11.1 Å². The van der Waals surface area contributed by atoms with Crippen molar-refractivity contribution in [2.45, 2.75) is 27.3 Å². The fourth-order valence-corrected chi connectivity index (χ4v) is 1.96. The van der Waals surface area contributed by atoms with Gasteiger partial charge in [0.05, 0.1) is 0 Å². The number of aliphatic carboxylic acids is 1. The molecule has 1 N–H and O–H groups in total. The van der Waals surface area contributed by atoms with Crippen LogP contribution in [0.15, 0.2) is 24.3 Å². The van der Waals surface area contributed by atoms with Crippen LogP contribution in [0.3, 0.4) is 0 Å². The Morgan fingerprint density at radius 3 is 2.16 bits per heavy atom. The van der Waals surface area contributed by atoms with Crippen LogP contribution in [0, 0.1) is 18.8 Å². The number of carboxylic acid groups (broad SMARTS) is 1. The van der Waals surface area contributed by atoms with Gasteiger partial charge in [-0.15, -0.1) is 0 Å². The van der Waals surface area contributed by atoms with Crippen molar-refractivity contribution in [1.29, 1.82) is 0 Å². The SMILES string of the molecule is Cc1ccc(CN(C)C(=O)C(C(=O)O)C(C)C)cc1. The van der Waals surface area contributed by atoms with E-state index >= 15 is 0 Å². The molecule has 0 aliphatic carbocycles. The Balaban J connectivity index is 2.76. The van der Waals surface area contributed by atoms with Crippen molar-refractivity contribution in [2.75, 3.05) is 7.05 Å². The summed E-state index contributed by atoms with van der Waals surface area (Å²) in [5.74, 6) is -2.60. The van der Waals surface area contributed by atoms with Crippen LogP contribution < -0.4 is 0 Å². The fraction of sp³-hybridized carbons (Fsp3) is 0.467. The van der Waals surface area contributed by atoms with Crippen LogP contribution in [0.1, 0.15) is 25.0 Å². The lowest BCUT2D eigenvalue weighted by Gasteiger charge is -2.23. The summed E-state index contributed by atoms with van der Waals surface area (Å²) in [6, 6.07) is 7.85. The van der Waals surface area contributed by atoms with Crippen molar-refractivity contribution in [2.24, 2.45) is 11.8 Å². The van der Waals surface area contributed by atoms with Gasteiger partial charge in [-0.2, -0.15) is 0 Å². The van der Waals surface area contributed by atoms with Gasteiger partial charge in [-0.1, -0.05) is 43.7 Å². The monoisotopic (exact) mass is 263 g/mol. The lowest BCUT2D eigenvalue weighted by atomic mass is 9.94. The molecule has 0 bridgehead atoms. The molecule has 0 fully saturated rings. The molecule has 0 saturated heterocycles. The van der Waals surface area contributed by atoms with Crippen molar-refractivity contribution in [1.82, 2.24) is 4.90 Å². The third-order valence-corrected chi connectivity index (χ3v) is 3.12. The van der Waals surface area contributed by atoms with Crippen molar-refractivity contribution < 1.29 is 14.7 Å². The first-order chi connectivity index (χ1) is 8.82. The molecule has 1 atom stereocenters. The second-order valence-corrected chi connectivity index (χ2v) is 5.24. The minimum absolute atomic E-state index is 0.217. The van der Waals surface area contributed by atoms with Gasteiger partial charge in [-0.25, -0.2) is 0 Å². The molecule has 104 valence electrons. The predicted octanol–water partition coefficient (Wildman–Crippen LogP) is 2.31. The average molecular weight is 263 g/mol. The number of aryl methyl sites for hydroxylation is 1. The molecule has 0 radical (unpaired) electrons. The zero-order valence-electron chi connectivity index (χ0n) is 11.9. The maximum Gasteiger partial charge on any atom is 0.316 e. The largest absolute Gasteiger partial charge is 0.481 e. The van der Waals surface area contributed by atoms with E-state index in [1.165, 1.54) is 4.90 Å². The van der Waals surface area contributed by atoms with Crippen LogP contribution in [-0.4, -0.2) is 28.9 Å². The van der Waals surface area contributed by atoms with E-state index in [9.17, 15) is 9.59 Å². The highest BCUT2D eigenvalue weighted by atomic mass is 16.4. The third-order valence-electron chi connectivity index (χ3n) is 3.12. The highest BCUT2D eigenvalue weighted by molar-refractivity contribution is 5.97. The summed E-state index contributed by atoms with van der Waals surface area (Å²) in [6.07, 6.45) is 0. The predicted molar refractivity (Wildman–Crippen MR) is 73.6 cm³/mol. The molecule has 1 amide bonds. The summed E-state index contributed by atoms with van der Waals surface area (Å²) >= 11 is 0. The second-order valence-electron chi connectivity index (χ2n) is 5.24.